The number of benzene rings is 1. The first-order valence-electron chi connectivity index (χ1n) is 8.05. The lowest BCUT2D eigenvalue weighted by molar-refractivity contribution is 0.0862. The van der Waals surface area contributed by atoms with Gasteiger partial charge in [-0.1, -0.05) is 38.0 Å². The molecule has 0 spiro atoms. The molecule has 3 nitrogen and oxygen atoms in total. The number of rotatable bonds is 7. The van der Waals surface area contributed by atoms with Crippen molar-refractivity contribution in [3.63, 3.8) is 0 Å². The molecule has 0 aromatic heterocycles. The van der Waals surface area contributed by atoms with Crippen LogP contribution in [-0.2, 0) is 0 Å². The highest BCUT2D eigenvalue weighted by Gasteiger charge is 2.33. The number of aliphatic hydroxyl groups is 1. The van der Waals surface area contributed by atoms with Crippen molar-refractivity contribution in [3.8, 4) is 0 Å². The van der Waals surface area contributed by atoms with E-state index < -0.39 is 0 Å². The number of aliphatic hydroxyl groups excluding tert-OH is 1. The van der Waals surface area contributed by atoms with Crippen LogP contribution in [-0.4, -0.2) is 35.2 Å². The highest BCUT2D eigenvalue weighted by atomic mass is 19.1. The first-order valence-corrected chi connectivity index (χ1v) is 8.05. The average Bonchev–Trinajstić information content (AvgIpc) is 3.02. The lowest BCUT2D eigenvalue weighted by Gasteiger charge is -2.39. The van der Waals surface area contributed by atoms with E-state index in [0.717, 1.165) is 19.3 Å². The van der Waals surface area contributed by atoms with Gasteiger partial charge in [0, 0.05) is 24.2 Å². The number of nitrogens with two attached hydrogens (primary N) is 1. The highest BCUT2D eigenvalue weighted by molar-refractivity contribution is 5.23. The molecule has 2 atom stereocenters. The van der Waals surface area contributed by atoms with Crippen molar-refractivity contribution in [2.45, 2.75) is 57.2 Å². The van der Waals surface area contributed by atoms with Crippen LogP contribution in [0.4, 0.5) is 4.39 Å². The largest absolute Gasteiger partial charge is 0.395 e. The fourth-order valence-electron chi connectivity index (χ4n) is 3.49. The van der Waals surface area contributed by atoms with Crippen molar-refractivity contribution < 1.29 is 9.50 Å². The predicted octanol–water partition coefficient (Wildman–Crippen LogP) is 2.84. The molecule has 0 saturated heterocycles. The van der Waals surface area contributed by atoms with Crippen LogP contribution in [0.5, 0.6) is 0 Å². The Balaban J connectivity index is 2.34. The quantitative estimate of drug-likeness (QED) is 0.813. The van der Waals surface area contributed by atoms with Gasteiger partial charge in [-0.2, -0.15) is 0 Å². The molecule has 1 aliphatic carbocycles. The summed E-state index contributed by atoms with van der Waals surface area (Å²) in [5, 5.41) is 9.44. The van der Waals surface area contributed by atoms with Crippen molar-refractivity contribution >= 4 is 0 Å². The number of hydrogen-bond acceptors (Lipinski definition) is 3. The normalized spacial score (nSPS) is 19.1. The van der Waals surface area contributed by atoms with Crippen LogP contribution in [0.1, 0.15) is 50.6 Å². The average molecular weight is 294 g/mol. The van der Waals surface area contributed by atoms with Crippen molar-refractivity contribution in [1.29, 1.82) is 0 Å². The van der Waals surface area contributed by atoms with Crippen molar-refractivity contribution in [1.82, 2.24) is 4.90 Å². The second-order valence-corrected chi connectivity index (χ2v) is 5.94. The van der Waals surface area contributed by atoms with Gasteiger partial charge in [0.05, 0.1) is 12.6 Å². The highest BCUT2D eigenvalue weighted by Crippen LogP contribution is 2.34. The maximum absolute atomic E-state index is 14.3. The molecule has 1 saturated carbocycles. The van der Waals surface area contributed by atoms with Gasteiger partial charge in [-0.3, -0.25) is 4.90 Å². The third kappa shape index (κ3) is 3.82. The minimum Gasteiger partial charge on any atom is -0.395 e. The van der Waals surface area contributed by atoms with Crippen molar-refractivity contribution in [2.24, 2.45) is 5.73 Å². The minimum atomic E-state index is -0.202. The molecule has 0 amide bonds. The monoisotopic (exact) mass is 294 g/mol. The number of hydrogen-bond donors (Lipinski definition) is 2. The van der Waals surface area contributed by atoms with Gasteiger partial charge in [0.15, 0.2) is 0 Å². The molecule has 118 valence electrons. The second-order valence-electron chi connectivity index (χ2n) is 5.94. The first-order chi connectivity index (χ1) is 10.2. The first kappa shape index (κ1) is 16.4. The van der Waals surface area contributed by atoms with E-state index in [9.17, 15) is 9.50 Å². The summed E-state index contributed by atoms with van der Waals surface area (Å²) < 4.78 is 14.3. The molecule has 3 N–H and O–H groups in total. The summed E-state index contributed by atoms with van der Waals surface area (Å²) in [5.41, 5.74) is 6.99. The molecule has 1 aromatic carbocycles. The van der Waals surface area contributed by atoms with Crippen LogP contribution in [0.2, 0.25) is 0 Å². The summed E-state index contributed by atoms with van der Waals surface area (Å²) >= 11 is 0. The van der Waals surface area contributed by atoms with Gasteiger partial charge in [-0.05, 0) is 25.3 Å². The Bertz CT molecular complexity index is 435. The molecule has 1 aliphatic rings. The molecule has 0 radical (unpaired) electrons. The van der Waals surface area contributed by atoms with E-state index in [2.05, 4.69) is 4.90 Å². The molecule has 2 unspecified atom stereocenters. The molecule has 21 heavy (non-hydrogen) atoms. The maximum Gasteiger partial charge on any atom is 0.128 e. The maximum atomic E-state index is 14.3. The molecule has 1 fully saturated rings. The van der Waals surface area contributed by atoms with E-state index in [1.807, 2.05) is 19.1 Å². The number of halogens is 1. The summed E-state index contributed by atoms with van der Waals surface area (Å²) in [5.74, 6) is -0.202. The molecular formula is C17H27FN2O. The molecule has 4 heteroatoms. The Morgan fingerprint density at radius 1 is 1.33 bits per heavy atom. The molecule has 0 aliphatic heterocycles. The SMILES string of the molecule is CCC(N)C(c1ccccc1F)N(CCO)C1CCCC1. The Kier molecular flexibility index (Phi) is 6.15. The van der Waals surface area contributed by atoms with Gasteiger partial charge in [-0.25, -0.2) is 4.39 Å². The zero-order chi connectivity index (χ0) is 15.2. The van der Waals surface area contributed by atoms with E-state index in [-0.39, 0.29) is 24.5 Å². The predicted molar refractivity (Wildman–Crippen MR) is 83.5 cm³/mol. The van der Waals surface area contributed by atoms with Gasteiger partial charge in [0.1, 0.15) is 5.82 Å². The van der Waals surface area contributed by atoms with Crippen LogP contribution in [0.15, 0.2) is 24.3 Å². The van der Waals surface area contributed by atoms with Crippen LogP contribution >= 0.6 is 0 Å². The van der Waals surface area contributed by atoms with Crippen LogP contribution < -0.4 is 5.73 Å². The van der Waals surface area contributed by atoms with Gasteiger partial charge < -0.3 is 10.8 Å². The van der Waals surface area contributed by atoms with Gasteiger partial charge in [0.2, 0.25) is 0 Å². The fraction of sp³-hybridized carbons (Fsp3) is 0.647. The minimum absolute atomic E-state index is 0.0812. The molecule has 1 aromatic rings. The summed E-state index contributed by atoms with van der Waals surface area (Å²) in [7, 11) is 0. The summed E-state index contributed by atoms with van der Waals surface area (Å²) in [4.78, 5) is 2.24. The van der Waals surface area contributed by atoms with Crippen LogP contribution in [0.3, 0.4) is 0 Å². The van der Waals surface area contributed by atoms with Gasteiger partial charge in [0.25, 0.3) is 0 Å². The molecule has 0 bridgehead atoms. The summed E-state index contributed by atoms with van der Waals surface area (Å²) in [6.07, 6.45) is 5.42. The Hall–Kier alpha value is -0.970. The van der Waals surface area contributed by atoms with E-state index in [1.54, 1.807) is 6.07 Å². The molecule has 0 heterocycles. The van der Waals surface area contributed by atoms with E-state index in [1.165, 1.54) is 18.9 Å². The van der Waals surface area contributed by atoms with Crippen molar-refractivity contribution in [2.75, 3.05) is 13.2 Å². The third-order valence-electron chi connectivity index (χ3n) is 4.61. The smallest absolute Gasteiger partial charge is 0.128 e. The van der Waals surface area contributed by atoms with Gasteiger partial charge in [-0.15, -0.1) is 0 Å². The Morgan fingerprint density at radius 3 is 2.57 bits per heavy atom. The third-order valence-corrected chi connectivity index (χ3v) is 4.61. The summed E-state index contributed by atoms with van der Waals surface area (Å²) in [6.45, 7) is 2.67. The zero-order valence-corrected chi connectivity index (χ0v) is 12.8. The summed E-state index contributed by atoms with van der Waals surface area (Å²) in [6, 6.07) is 7.00. The topological polar surface area (TPSA) is 49.5 Å². The lowest BCUT2D eigenvalue weighted by Crippen LogP contribution is -2.46. The second kappa shape index (κ2) is 7.87. The Morgan fingerprint density at radius 2 is 2.00 bits per heavy atom. The van der Waals surface area contributed by atoms with E-state index >= 15 is 0 Å². The molecular weight excluding hydrogens is 267 g/mol. The fourth-order valence-corrected chi connectivity index (χ4v) is 3.49. The molecule has 2 rings (SSSR count). The van der Waals surface area contributed by atoms with E-state index in [0.29, 0.717) is 18.2 Å². The zero-order valence-electron chi connectivity index (χ0n) is 12.8. The lowest BCUT2D eigenvalue weighted by atomic mass is 9.94. The van der Waals surface area contributed by atoms with Gasteiger partial charge >= 0.3 is 0 Å². The van der Waals surface area contributed by atoms with Crippen molar-refractivity contribution in [3.05, 3.63) is 35.6 Å². The van der Waals surface area contributed by atoms with Crippen LogP contribution in [0.25, 0.3) is 0 Å². The number of nitrogens with zero attached hydrogens (tertiary/aromatic N) is 1. The van der Waals surface area contributed by atoms with E-state index in [4.69, 9.17) is 5.73 Å². The Labute approximate surface area is 126 Å². The standard InChI is InChI=1S/C17H27FN2O/c1-2-16(19)17(14-9-5-6-10-15(14)18)20(11-12-21)13-7-3-4-8-13/h5-6,9-10,13,16-17,21H,2-4,7-8,11-12,19H2,1H3. The van der Waals surface area contributed by atoms with Crippen LogP contribution in [0, 0.1) is 5.82 Å².